The number of carbonyl (C=O) groups is 2. The normalized spacial score (nSPS) is 11.9. The largest absolute Gasteiger partial charge is 0.495 e. The fourth-order valence-corrected chi connectivity index (χ4v) is 5.55. The van der Waals surface area contributed by atoms with Gasteiger partial charge in [0.2, 0.25) is 21.8 Å². The summed E-state index contributed by atoms with van der Waals surface area (Å²) in [5, 5.41) is 2.86. The third-order valence-corrected chi connectivity index (χ3v) is 7.88. The quantitative estimate of drug-likeness (QED) is 0.318. The van der Waals surface area contributed by atoms with Gasteiger partial charge in [-0.15, -0.1) is 0 Å². The number of sulfonamides is 1. The molecule has 0 aliphatic carbocycles. The monoisotopic (exact) mass is 589 g/mol. The molecule has 0 fully saturated rings. The number of nitrogens with zero attached hydrogens (tertiary/aromatic N) is 2. The predicted molar refractivity (Wildman–Crippen MR) is 154 cm³/mol. The average Bonchev–Trinajstić information content (AvgIpc) is 2.93. The lowest BCUT2D eigenvalue weighted by Gasteiger charge is -2.31. The number of methoxy groups -OCH3 is 1. The third kappa shape index (κ3) is 8.19. The number of likely N-dealkylation sites (N-methyl/N-ethyl adjacent to an activating group) is 1. The van der Waals surface area contributed by atoms with Crippen LogP contribution in [0.5, 0.6) is 5.75 Å². The second-order valence-corrected chi connectivity index (χ2v) is 11.5. The molecule has 1 atom stereocenters. The lowest BCUT2D eigenvalue weighted by Crippen LogP contribution is -2.50. The molecular weight excluding hydrogens is 557 g/mol. The van der Waals surface area contributed by atoms with E-state index < -0.39 is 27.8 Å². The van der Waals surface area contributed by atoms with E-state index in [1.54, 1.807) is 30.3 Å². The van der Waals surface area contributed by atoms with Crippen LogP contribution in [0.2, 0.25) is 5.02 Å². The van der Waals surface area contributed by atoms with Crippen molar-refractivity contribution in [2.24, 2.45) is 0 Å². The Bertz CT molecular complexity index is 1420. The van der Waals surface area contributed by atoms with Gasteiger partial charge in [0.05, 0.1) is 24.1 Å². The van der Waals surface area contributed by atoms with E-state index in [1.165, 1.54) is 31.2 Å². The first kappa shape index (κ1) is 30.9. The van der Waals surface area contributed by atoms with Crippen LogP contribution in [0, 0.1) is 5.82 Å². The van der Waals surface area contributed by atoms with Crippen LogP contribution in [0.1, 0.15) is 24.0 Å². The zero-order valence-corrected chi connectivity index (χ0v) is 24.2. The number of rotatable bonds is 13. The number of carbonyl (C=O) groups excluding carboxylic acids is 2. The number of hydrogen-bond acceptors (Lipinski definition) is 5. The van der Waals surface area contributed by atoms with Gasteiger partial charge in [-0.1, -0.05) is 60.1 Å². The van der Waals surface area contributed by atoms with E-state index in [2.05, 4.69) is 5.32 Å². The number of halogens is 2. The molecule has 2 amide bonds. The van der Waals surface area contributed by atoms with E-state index in [0.717, 1.165) is 16.1 Å². The summed E-state index contributed by atoms with van der Waals surface area (Å²) in [6, 6.07) is 19.0. The third-order valence-electron chi connectivity index (χ3n) is 6.39. The van der Waals surface area contributed by atoms with Gasteiger partial charge in [0.15, 0.2) is 0 Å². The van der Waals surface area contributed by atoms with Crippen molar-refractivity contribution >= 4 is 39.1 Å². The van der Waals surface area contributed by atoms with Crippen molar-refractivity contribution in [3.8, 4) is 5.75 Å². The first-order valence-corrected chi connectivity index (χ1v) is 14.9. The molecule has 1 N–H and O–H groups in total. The standard InChI is InChI=1S/C29H33ClFN3O5S/c1-32-29(36)26(18-21-10-5-4-6-11-21)33(20-22-12-7-8-13-25(22)31)28(35)14-9-17-34(40(3,37)38)23-15-16-27(39-2)24(30)19-23/h4-8,10-13,15-16,19,26H,9,14,17-18,20H2,1-3H3,(H,32,36)/t26-/m0/s1. The highest BCUT2D eigenvalue weighted by Crippen LogP contribution is 2.30. The molecule has 0 aliphatic rings. The molecule has 40 heavy (non-hydrogen) atoms. The zero-order chi connectivity index (χ0) is 29.3. The van der Waals surface area contributed by atoms with E-state index in [-0.39, 0.29) is 48.8 Å². The maximum absolute atomic E-state index is 14.6. The number of hydrogen-bond donors (Lipinski definition) is 1. The summed E-state index contributed by atoms with van der Waals surface area (Å²) >= 11 is 6.21. The second-order valence-electron chi connectivity index (χ2n) is 9.19. The first-order valence-electron chi connectivity index (χ1n) is 12.6. The number of anilines is 1. The highest BCUT2D eigenvalue weighted by Gasteiger charge is 2.30. The molecular formula is C29H33ClFN3O5S. The maximum atomic E-state index is 14.6. The predicted octanol–water partition coefficient (Wildman–Crippen LogP) is 4.42. The van der Waals surface area contributed by atoms with Crippen LogP contribution in [0.4, 0.5) is 10.1 Å². The molecule has 214 valence electrons. The Balaban J connectivity index is 1.86. The highest BCUT2D eigenvalue weighted by molar-refractivity contribution is 7.92. The summed E-state index contributed by atoms with van der Waals surface area (Å²) in [6.45, 7) is -0.135. The fourth-order valence-electron chi connectivity index (χ4n) is 4.35. The van der Waals surface area contributed by atoms with Gasteiger partial charge in [-0.2, -0.15) is 0 Å². The minimum Gasteiger partial charge on any atom is -0.495 e. The van der Waals surface area contributed by atoms with Gasteiger partial charge in [-0.05, 0) is 36.2 Å². The molecule has 0 spiro atoms. The Morgan fingerprint density at radius 1 is 1.05 bits per heavy atom. The Labute approximate surface area is 239 Å². The van der Waals surface area contributed by atoms with Gasteiger partial charge in [0.25, 0.3) is 0 Å². The van der Waals surface area contributed by atoms with Crippen molar-refractivity contribution in [3.05, 3.63) is 94.8 Å². The molecule has 0 bridgehead atoms. The second kappa shape index (κ2) is 14.1. The molecule has 0 aromatic heterocycles. The van der Waals surface area contributed by atoms with Gasteiger partial charge in [0.1, 0.15) is 17.6 Å². The van der Waals surface area contributed by atoms with Crippen LogP contribution >= 0.6 is 11.6 Å². The molecule has 11 heteroatoms. The molecule has 0 unspecified atom stereocenters. The van der Waals surface area contributed by atoms with Crippen molar-refractivity contribution in [2.45, 2.75) is 31.8 Å². The Morgan fingerprint density at radius 3 is 2.33 bits per heavy atom. The Hall–Kier alpha value is -3.63. The van der Waals surface area contributed by atoms with Crippen molar-refractivity contribution in [1.82, 2.24) is 10.2 Å². The summed E-state index contributed by atoms with van der Waals surface area (Å²) < 4.78 is 46.1. The molecule has 3 aromatic rings. The molecule has 3 aromatic carbocycles. The SMILES string of the molecule is CNC(=O)[C@H](Cc1ccccc1)N(Cc1ccccc1F)C(=O)CCCN(c1ccc(OC)c(Cl)c1)S(C)(=O)=O. The molecule has 0 saturated heterocycles. The number of amides is 2. The fraction of sp³-hybridized carbons (Fsp3) is 0.310. The van der Waals surface area contributed by atoms with Crippen LogP contribution in [-0.4, -0.2) is 58.1 Å². The Kier molecular flexibility index (Phi) is 10.9. The van der Waals surface area contributed by atoms with Crippen LogP contribution in [0.15, 0.2) is 72.8 Å². The molecule has 0 heterocycles. The summed E-state index contributed by atoms with van der Waals surface area (Å²) in [7, 11) is -0.767. The minimum absolute atomic E-state index is 0.00983. The van der Waals surface area contributed by atoms with E-state index in [0.29, 0.717) is 11.4 Å². The summed E-state index contributed by atoms with van der Waals surface area (Å²) in [4.78, 5) is 28.0. The summed E-state index contributed by atoms with van der Waals surface area (Å²) in [5.74, 6) is -0.889. The number of ether oxygens (including phenoxy) is 1. The summed E-state index contributed by atoms with van der Waals surface area (Å²) in [6.07, 6.45) is 1.36. The molecule has 0 saturated carbocycles. The van der Waals surface area contributed by atoms with Crippen LogP contribution in [-0.2, 0) is 32.6 Å². The van der Waals surface area contributed by atoms with Gasteiger partial charge < -0.3 is 15.0 Å². The molecule has 0 radical (unpaired) electrons. The number of benzene rings is 3. The van der Waals surface area contributed by atoms with Gasteiger partial charge in [-0.3, -0.25) is 13.9 Å². The average molecular weight is 590 g/mol. The molecule has 8 nitrogen and oxygen atoms in total. The van der Waals surface area contributed by atoms with Crippen LogP contribution in [0.3, 0.4) is 0 Å². The Morgan fingerprint density at radius 2 is 1.73 bits per heavy atom. The topological polar surface area (TPSA) is 96.0 Å². The zero-order valence-electron chi connectivity index (χ0n) is 22.6. The maximum Gasteiger partial charge on any atom is 0.242 e. The lowest BCUT2D eigenvalue weighted by atomic mass is 10.0. The molecule has 3 rings (SSSR count). The van der Waals surface area contributed by atoms with Crippen molar-refractivity contribution in [1.29, 1.82) is 0 Å². The van der Waals surface area contributed by atoms with E-state index in [4.69, 9.17) is 16.3 Å². The van der Waals surface area contributed by atoms with Crippen LogP contribution < -0.4 is 14.4 Å². The van der Waals surface area contributed by atoms with Crippen LogP contribution in [0.25, 0.3) is 0 Å². The summed E-state index contributed by atoms with van der Waals surface area (Å²) in [5.41, 5.74) is 1.43. The van der Waals surface area contributed by atoms with Crippen molar-refractivity contribution < 1.29 is 27.1 Å². The first-order chi connectivity index (χ1) is 19.0. The van der Waals surface area contributed by atoms with E-state index in [9.17, 15) is 22.4 Å². The van der Waals surface area contributed by atoms with E-state index in [1.807, 2.05) is 30.3 Å². The van der Waals surface area contributed by atoms with Crippen molar-refractivity contribution in [3.63, 3.8) is 0 Å². The molecule has 0 aliphatic heterocycles. The highest BCUT2D eigenvalue weighted by atomic mass is 35.5. The number of nitrogens with one attached hydrogen (secondary N) is 1. The lowest BCUT2D eigenvalue weighted by molar-refractivity contribution is -0.141. The van der Waals surface area contributed by atoms with Crippen molar-refractivity contribution in [2.75, 3.05) is 31.3 Å². The van der Waals surface area contributed by atoms with E-state index >= 15 is 0 Å². The van der Waals surface area contributed by atoms with Gasteiger partial charge in [0, 0.05) is 38.5 Å². The van der Waals surface area contributed by atoms with Gasteiger partial charge in [-0.25, -0.2) is 12.8 Å². The smallest absolute Gasteiger partial charge is 0.242 e. The minimum atomic E-state index is -3.71. The van der Waals surface area contributed by atoms with Gasteiger partial charge >= 0.3 is 0 Å².